The molecule has 0 aliphatic heterocycles. The molecule has 0 aromatic heterocycles. The van der Waals surface area contributed by atoms with Gasteiger partial charge in [0.15, 0.2) is 6.21 Å². The molecule has 0 saturated heterocycles. The number of aryl methyl sites for hydroxylation is 1. The van der Waals surface area contributed by atoms with Crippen molar-refractivity contribution in [2.45, 2.75) is 6.92 Å². The Morgan fingerprint density at radius 3 is 2.47 bits per heavy atom. The Bertz CT molecular complexity index is 546. The van der Waals surface area contributed by atoms with Gasteiger partial charge in [-0.15, -0.1) is 0 Å². The van der Waals surface area contributed by atoms with Gasteiger partial charge in [0.2, 0.25) is 5.69 Å². The van der Waals surface area contributed by atoms with Crippen molar-refractivity contribution in [1.82, 2.24) is 0 Å². The maximum absolute atomic E-state index is 11.9. The van der Waals surface area contributed by atoms with Gasteiger partial charge in [-0.05, 0) is 36.8 Å². The molecule has 17 heavy (non-hydrogen) atoms. The van der Waals surface area contributed by atoms with E-state index in [0.717, 1.165) is 15.9 Å². The summed E-state index contributed by atoms with van der Waals surface area (Å²) >= 11 is 5.78. The zero-order chi connectivity index (χ0) is 12.3. The normalized spacial score (nSPS) is 11.5. The topological polar surface area (TPSA) is 26.1 Å². The van der Waals surface area contributed by atoms with E-state index in [-0.39, 0.29) is 0 Å². The van der Waals surface area contributed by atoms with Crippen molar-refractivity contribution in [3.8, 4) is 0 Å². The summed E-state index contributed by atoms with van der Waals surface area (Å²) in [5.41, 5.74) is 2.51. The Kier molecular flexibility index (Phi) is 3.45. The summed E-state index contributed by atoms with van der Waals surface area (Å²) in [6.07, 6.45) is 1.53. The Balaban J connectivity index is 2.30. The second-order valence-corrected chi connectivity index (χ2v) is 4.28. The number of hydrogen-bond donors (Lipinski definition) is 0. The lowest BCUT2D eigenvalue weighted by atomic mass is 10.2. The van der Waals surface area contributed by atoms with E-state index in [0.29, 0.717) is 10.7 Å². The Hall–Kier alpha value is -1.80. The van der Waals surface area contributed by atoms with Crippen molar-refractivity contribution in [1.29, 1.82) is 0 Å². The van der Waals surface area contributed by atoms with Crippen molar-refractivity contribution in [2.24, 2.45) is 0 Å². The van der Waals surface area contributed by atoms with Crippen molar-refractivity contribution in [3.63, 3.8) is 0 Å². The number of halogens is 1. The molecule has 0 N–H and O–H groups in total. The Morgan fingerprint density at radius 1 is 1.12 bits per heavy atom. The molecule has 0 unspecified atom stereocenters. The molecule has 2 rings (SSSR count). The van der Waals surface area contributed by atoms with Gasteiger partial charge in [-0.1, -0.05) is 23.7 Å². The smallest absolute Gasteiger partial charge is 0.216 e. The lowest BCUT2D eigenvalue weighted by molar-refractivity contribution is -0.354. The van der Waals surface area contributed by atoms with Crippen LogP contribution in [-0.4, -0.2) is 11.0 Å². The highest BCUT2D eigenvalue weighted by molar-refractivity contribution is 6.30. The van der Waals surface area contributed by atoms with Gasteiger partial charge in [-0.3, -0.25) is 0 Å². The van der Waals surface area contributed by atoms with E-state index >= 15 is 0 Å². The SMILES string of the molecule is Cc1cccc(/[N+]([O-])=C\c2ccc(Cl)cc2)c1. The van der Waals surface area contributed by atoms with E-state index in [4.69, 9.17) is 11.6 Å². The van der Waals surface area contributed by atoms with Crippen molar-refractivity contribution in [2.75, 3.05) is 0 Å². The second kappa shape index (κ2) is 5.02. The van der Waals surface area contributed by atoms with Crippen molar-refractivity contribution < 1.29 is 4.74 Å². The summed E-state index contributed by atoms with van der Waals surface area (Å²) in [6.45, 7) is 1.96. The van der Waals surface area contributed by atoms with Gasteiger partial charge in [-0.25, -0.2) is 0 Å². The van der Waals surface area contributed by atoms with Gasteiger partial charge in [0, 0.05) is 22.7 Å². The lowest BCUT2D eigenvalue weighted by Gasteiger charge is -2.03. The molecule has 0 fully saturated rings. The highest BCUT2D eigenvalue weighted by Gasteiger charge is 2.01. The lowest BCUT2D eigenvalue weighted by Crippen LogP contribution is -1.98. The highest BCUT2D eigenvalue weighted by atomic mass is 35.5. The van der Waals surface area contributed by atoms with Crippen LogP contribution in [0.5, 0.6) is 0 Å². The second-order valence-electron chi connectivity index (χ2n) is 3.85. The van der Waals surface area contributed by atoms with Crippen LogP contribution >= 0.6 is 11.6 Å². The number of hydrogen-bond acceptors (Lipinski definition) is 1. The van der Waals surface area contributed by atoms with E-state index in [2.05, 4.69) is 0 Å². The predicted molar refractivity (Wildman–Crippen MR) is 71.1 cm³/mol. The first-order valence-corrected chi connectivity index (χ1v) is 5.66. The quantitative estimate of drug-likeness (QED) is 0.341. The van der Waals surface area contributed by atoms with Gasteiger partial charge in [-0.2, -0.15) is 4.74 Å². The van der Waals surface area contributed by atoms with Crippen LogP contribution in [0.2, 0.25) is 5.02 Å². The average molecular weight is 246 g/mol. The minimum absolute atomic E-state index is 0.625. The number of benzene rings is 2. The largest absolute Gasteiger partial charge is 0.618 e. The van der Waals surface area contributed by atoms with Crippen molar-refractivity contribution in [3.05, 3.63) is 69.9 Å². The van der Waals surface area contributed by atoms with Crippen LogP contribution in [0.25, 0.3) is 0 Å². The third kappa shape index (κ3) is 3.08. The van der Waals surface area contributed by atoms with Crippen LogP contribution in [0.15, 0.2) is 48.5 Å². The molecule has 0 amide bonds. The monoisotopic (exact) mass is 245 g/mol. The third-order valence-corrected chi connectivity index (χ3v) is 2.64. The molecule has 0 saturated carbocycles. The molecule has 3 heteroatoms. The van der Waals surface area contributed by atoms with Gasteiger partial charge in [0.05, 0.1) is 0 Å². The predicted octanol–water partition coefficient (Wildman–Crippen LogP) is 3.91. The molecule has 2 aromatic carbocycles. The van der Waals surface area contributed by atoms with Crippen LogP contribution in [0, 0.1) is 12.1 Å². The fourth-order valence-corrected chi connectivity index (χ4v) is 1.65. The summed E-state index contributed by atoms with van der Waals surface area (Å²) in [6, 6.07) is 14.6. The van der Waals surface area contributed by atoms with E-state index < -0.39 is 0 Å². The molecular formula is C14H12ClNO. The first-order chi connectivity index (χ1) is 8.15. The van der Waals surface area contributed by atoms with E-state index in [9.17, 15) is 5.21 Å². The first-order valence-electron chi connectivity index (χ1n) is 5.28. The van der Waals surface area contributed by atoms with E-state index in [1.807, 2.05) is 37.3 Å². The van der Waals surface area contributed by atoms with E-state index in [1.54, 1.807) is 18.2 Å². The summed E-state index contributed by atoms with van der Waals surface area (Å²) in [5.74, 6) is 0. The van der Waals surface area contributed by atoms with Crippen LogP contribution in [-0.2, 0) is 0 Å². The van der Waals surface area contributed by atoms with Gasteiger partial charge < -0.3 is 5.21 Å². The molecule has 86 valence electrons. The van der Waals surface area contributed by atoms with Crippen LogP contribution in [0.3, 0.4) is 0 Å². The Morgan fingerprint density at radius 2 is 1.82 bits per heavy atom. The van der Waals surface area contributed by atoms with E-state index in [1.165, 1.54) is 6.21 Å². The molecule has 0 aliphatic carbocycles. The molecule has 0 radical (unpaired) electrons. The zero-order valence-electron chi connectivity index (χ0n) is 9.43. The standard InChI is InChI=1S/C14H12ClNO/c1-11-3-2-4-14(9-11)16(17)10-12-5-7-13(15)8-6-12/h2-10H,1H3/b16-10+. The number of nitrogens with zero attached hydrogens (tertiary/aromatic N) is 1. The van der Waals surface area contributed by atoms with Gasteiger partial charge in [0.1, 0.15) is 0 Å². The summed E-state index contributed by atoms with van der Waals surface area (Å²) in [7, 11) is 0. The van der Waals surface area contributed by atoms with Gasteiger partial charge >= 0.3 is 0 Å². The van der Waals surface area contributed by atoms with Crippen molar-refractivity contribution >= 4 is 23.5 Å². The highest BCUT2D eigenvalue weighted by Crippen LogP contribution is 2.13. The molecule has 0 aliphatic rings. The molecular weight excluding hydrogens is 234 g/mol. The van der Waals surface area contributed by atoms with Crippen LogP contribution in [0.1, 0.15) is 11.1 Å². The average Bonchev–Trinajstić information content (AvgIpc) is 2.32. The summed E-state index contributed by atoms with van der Waals surface area (Å²) < 4.78 is 0.857. The fraction of sp³-hybridized carbons (Fsp3) is 0.0714. The zero-order valence-corrected chi connectivity index (χ0v) is 10.2. The molecule has 0 atom stereocenters. The fourth-order valence-electron chi connectivity index (χ4n) is 1.52. The summed E-state index contributed by atoms with van der Waals surface area (Å²) in [4.78, 5) is 0. The molecule has 0 spiro atoms. The first kappa shape index (κ1) is 11.7. The van der Waals surface area contributed by atoms with Gasteiger partial charge in [0.25, 0.3) is 0 Å². The minimum atomic E-state index is 0.625. The molecule has 0 heterocycles. The third-order valence-electron chi connectivity index (χ3n) is 2.39. The number of rotatable bonds is 2. The maximum atomic E-state index is 11.9. The van der Waals surface area contributed by atoms with Crippen LogP contribution < -0.4 is 0 Å². The molecule has 2 aromatic rings. The molecule has 2 nitrogen and oxygen atoms in total. The molecule has 0 bridgehead atoms. The van der Waals surface area contributed by atoms with Crippen LogP contribution in [0.4, 0.5) is 5.69 Å². The Labute approximate surface area is 105 Å². The summed E-state index contributed by atoms with van der Waals surface area (Å²) in [5, 5.41) is 12.5. The maximum Gasteiger partial charge on any atom is 0.216 e. The minimum Gasteiger partial charge on any atom is -0.618 e.